The van der Waals surface area contributed by atoms with Crippen LogP contribution in [0.1, 0.15) is 12.8 Å². The quantitative estimate of drug-likeness (QED) is 0.266. The number of carbonyl (C=O) groups is 1. The number of fused-ring (bicyclic) bond motifs is 1. The number of hydrogen-bond acceptors (Lipinski definition) is 6. The number of anilines is 3. The average Bonchev–Trinajstić information content (AvgIpc) is 3.62. The lowest BCUT2D eigenvalue weighted by Crippen LogP contribution is -2.20. The van der Waals surface area contributed by atoms with Crippen LogP contribution in [0.25, 0.3) is 10.9 Å². The zero-order valence-corrected chi connectivity index (χ0v) is 18.9. The van der Waals surface area contributed by atoms with Crippen LogP contribution in [-0.4, -0.2) is 41.2 Å². The third-order valence-electron chi connectivity index (χ3n) is 4.94. The third kappa shape index (κ3) is 7.03. The van der Waals surface area contributed by atoms with Gasteiger partial charge in [0.05, 0.1) is 16.2 Å². The van der Waals surface area contributed by atoms with Crippen molar-refractivity contribution < 1.29 is 27.1 Å². The van der Waals surface area contributed by atoms with Crippen molar-refractivity contribution in [3.63, 3.8) is 0 Å². The number of nitrogens with zero attached hydrogens (tertiary/aromatic N) is 2. The number of amides is 1. The SMILES string of the molecule is O=C(C=CCNC1CC1)Nc1cc2c(Nc3ccc(F)c(Cl)c3)ncnc2cc1OCC(F)(F)F. The Morgan fingerprint density at radius 1 is 1.20 bits per heavy atom. The summed E-state index contributed by atoms with van der Waals surface area (Å²) in [4.78, 5) is 20.7. The highest BCUT2D eigenvalue weighted by molar-refractivity contribution is 6.31. The summed E-state index contributed by atoms with van der Waals surface area (Å²) in [7, 11) is 0. The van der Waals surface area contributed by atoms with E-state index in [9.17, 15) is 22.4 Å². The van der Waals surface area contributed by atoms with Crippen molar-refractivity contribution in [2.24, 2.45) is 0 Å². The van der Waals surface area contributed by atoms with Crippen molar-refractivity contribution in [2.45, 2.75) is 25.1 Å². The van der Waals surface area contributed by atoms with Crippen molar-refractivity contribution in [3.05, 3.63) is 59.7 Å². The molecular weight excluding hydrogens is 490 g/mol. The van der Waals surface area contributed by atoms with E-state index >= 15 is 0 Å². The van der Waals surface area contributed by atoms with Crippen molar-refractivity contribution in [2.75, 3.05) is 23.8 Å². The summed E-state index contributed by atoms with van der Waals surface area (Å²) in [6.07, 6.45) is 1.73. The summed E-state index contributed by atoms with van der Waals surface area (Å²) in [6, 6.07) is 7.12. The van der Waals surface area contributed by atoms with E-state index in [0.29, 0.717) is 23.7 Å². The van der Waals surface area contributed by atoms with Crippen LogP contribution >= 0.6 is 11.6 Å². The molecule has 1 aliphatic rings. The number of hydrogen-bond donors (Lipinski definition) is 3. The van der Waals surface area contributed by atoms with Crippen LogP contribution in [0, 0.1) is 5.82 Å². The first kappa shape index (κ1) is 24.7. The molecule has 1 aliphatic carbocycles. The van der Waals surface area contributed by atoms with Gasteiger partial charge in [0.1, 0.15) is 23.7 Å². The van der Waals surface area contributed by atoms with Gasteiger partial charge >= 0.3 is 6.18 Å². The topological polar surface area (TPSA) is 88.2 Å². The Morgan fingerprint density at radius 3 is 2.71 bits per heavy atom. The molecule has 3 N–H and O–H groups in total. The summed E-state index contributed by atoms with van der Waals surface area (Å²) < 4.78 is 56.8. The molecule has 1 saturated carbocycles. The Hall–Kier alpha value is -3.44. The molecule has 35 heavy (non-hydrogen) atoms. The molecule has 0 atom stereocenters. The third-order valence-corrected chi connectivity index (χ3v) is 5.23. The zero-order valence-electron chi connectivity index (χ0n) is 18.1. The highest BCUT2D eigenvalue weighted by Gasteiger charge is 2.29. The van der Waals surface area contributed by atoms with Gasteiger partial charge in [0, 0.05) is 35.8 Å². The molecule has 12 heteroatoms. The highest BCUT2D eigenvalue weighted by atomic mass is 35.5. The van der Waals surface area contributed by atoms with E-state index in [1.807, 2.05) is 0 Å². The molecule has 0 bridgehead atoms. The molecule has 184 valence electrons. The lowest BCUT2D eigenvalue weighted by atomic mass is 10.1. The minimum absolute atomic E-state index is 0.00143. The second-order valence-corrected chi connectivity index (χ2v) is 8.23. The fourth-order valence-electron chi connectivity index (χ4n) is 3.13. The predicted molar refractivity (Wildman–Crippen MR) is 125 cm³/mol. The average molecular weight is 510 g/mol. The first-order valence-corrected chi connectivity index (χ1v) is 11.0. The largest absolute Gasteiger partial charge is 0.482 e. The van der Waals surface area contributed by atoms with E-state index in [1.54, 1.807) is 6.08 Å². The summed E-state index contributed by atoms with van der Waals surface area (Å²) in [5.74, 6) is -1.08. The number of ether oxygens (including phenoxy) is 1. The molecule has 7 nitrogen and oxygen atoms in total. The Balaban J connectivity index is 1.62. The van der Waals surface area contributed by atoms with Gasteiger partial charge in [0.25, 0.3) is 0 Å². The summed E-state index contributed by atoms with van der Waals surface area (Å²) in [5, 5.41) is 9.01. The van der Waals surface area contributed by atoms with Gasteiger partial charge in [0.2, 0.25) is 5.91 Å². The molecule has 2 aromatic carbocycles. The van der Waals surface area contributed by atoms with Gasteiger partial charge < -0.3 is 20.7 Å². The normalized spacial score (nSPS) is 13.9. The summed E-state index contributed by atoms with van der Waals surface area (Å²) in [5.41, 5.74) is 0.682. The Kier molecular flexibility index (Phi) is 7.37. The van der Waals surface area contributed by atoms with Gasteiger partial charge in [-0.15, -0.1) is 0 Å². The van der Waals surface area contributed by atoms with E-state index in [2.05, 4.69) is 25.9 Å². The van der Waals surface area contributed by atoms with Crippen molar-refractivity contribution in [1.29, 1.82) is 0 Å². The molecule has 0 spiro atoms. The zero-order chi connectivity index (χ0) is 25.0. The Labute approximate surface area is 202 Å². The second kappa shape index (κ2) is 10.4. The molecule has 1 aromatic heterocycles. The summed E-state index contributed by atoms with van der Waals surface area (Å²) in [6.45, 7) is -1.05. The van der Waals surface area contributed by atoms with Gasteiger partial charge in [0.15, 0.2) is 6.61 Å². The van der Waals surface area contributed by atoms with Gasteiger partial charge in [-0.1, -0.05) is 17.7 Å². The Bertz CT molecular complexity index is 1260. The molecule has 1 heterocycles. The van der Waals surface area contributed by atoms with Crippen molar-refractivity contribution in [3.8, 4) is 5.75 Å². The lowest BCUT2D eigenvalue weighted by Gasteiger charge is -2.16. The maximum absolute atomic E-state index is 13.5. The number of carbonyl (C=O) groups excluding carboxylic acids is 1. The first-order chi connectivity index (χ1) is 16.7. The number of alkyl halides is 3. The maximum Gasteiger partial charge on any atom is 0.422 e. The van der Waals surface area contributed by atoms with Crippen molar-refractivity contribution in [1.82, 2.24) is 15.3 Å². The molecule has 1 fully saturated rings. The lowest BCUT2D eigenvalue weighted by molar-refractivity contribution is -0.153. The van der Waals surface area contributed by atoms with E-state index in [-0.39, 0.29) is 27.8 Å². The van der Waals surface area contributed by atoms with Crippen LogP contribution in [0.4, 0.5) is 34.8 Å². The van der Waals surface area contributed by atoms with Crippen LogP contribution < -0.4 is 20.7 Å². The maximum atomic E-state index is 13.5. The van der Waals surface area contributed by atoms with Crippen LogP contribution in [0.15, 0.2) is 48.8 Å². The van der Waals surface area contributed by atoms with Crippen LogP contribution in [0.5, 0.6) is 5.75 Å². The van der Waals surface area contributed by atoms with E-state index in [1.165, 1.54) is 42.7 Å². The minimum Gasteiger partial charge on any atom is -0.482 e. The first-order valence-electron chi connectivity index (χ1n) is 10.6. The molecular formula is C23H20ClF4N5O2. The van der Waals surface area contributed by atoms with Gasteiger partial charge in [-0.3, -0.25) is 4.79 Å². The van der Waals surface area contributed by atoms with E-state index in [0.717, 1.165) is 12.8 Å². The number of rotatable bonds is 9. The van der Waals surface area contributed by atoms with Crippen LogP contribution in [0.2, 0.25) is 5.02 Å². The second-order valence-electron chi connectivity index (χ2n) is 7.82. The molecule has 0 saturated heterocycles. The molecule has 0 aliphatic heterocycles. The van der Waals surface area contributed by atoms with Crippen molar-refractivity contribution >= 4 is 45.6 Å². The fourth-order valence-corrected chi connectivity index (χ4v) is 3.31. The highest BCUT2D eigenvalue weighted by Crippen LogP contribution is 2.34. The molecule has 4 rings (SSSR count). The molecule has 1 amide bonds. The van der Waals surface area contributed by atoms with Crippen LogP contribution in [0.3, 0.4) is 0 Å². The van der Waals surface area contributed by atoms with Gasteiger partial charge in [-0.05, 0) is 37.1 Å². The van der Waals surface area contributed by atoms with E-state index < -0.39 is 24.5 Å². The number of benzene rings is 2. The number of nitrogens with one attached hydrogen (secondary N) is 3. The fraction of sp³-hybridized carbons (Fsp3) is 0.261. The smallest absolute Gasteiger partial charge is 0.422 e. The molecule has 0 radical (unpaired) electrons. The van der Waals surface area contributed by atoms with Gasteiger partial charge in [-0.2, -0.15) is 13.2 Å². The summed E-state index contributed by atoms with van der Waals surface area (Å²) >= 11 is 5.83. The molecule has 0 unspecified atom stereocenters. The standard InChI is InChI=1S/C23H20ClF4N5O2/c24-16-8-14(5-6-17(16)25)32-22-15-9-19(33-21(34)2-1-7-29-13-3-4-13)20(35-11-23(26,27)28)10-18(15)30-12-31-22/h1-2,5-6,8-10,12-13,29H,3-4,7,11H2,(H,33,34)(H,30,31,32). The van der Waals surface area contributed by atoms with E-state index in [4.69, 9.17) is 16.3 Å². The van der Waals surface area contributed by atoms with Gasteiger partial charge in [-0.25, -0.2) is 14.4 Å². The predicted octanol–water partition coefficient (Wildman–Crippen LogP) is 5.35. The molecule has 3 aromatic rings. The monoisotopic (exact) mass is 509 g/mol. The number of aromatic nitrogens is 2. The number of halogens is 5. The minimum atomic E-state index is -4.58. The Morgan fingerprint density at radius 2 is 2.00 bits per heavy atom. The van der Waals surface area contributed by atoms with Crippen LogP contribution in [-0.2, 0) is 4.79 Å².